The quantitative estimate of drug-likeness (QED) is 0.789. The van der Waals surface area contributed by atoms with E-state index in [2.05, 4.69) is 5.10 Å². The van der Waals surface area contributed by atoms with Gasteiger partial charge in [0.1, 0.15) is 5.82 Å². The van der Waals surface area contributed by atoms with Gasteiger partial charge < -0.3 is 0 Å². The van der Waals surface area contributed by atoms with Gasteiger partial charge in [0.25, 0.3) is 9.05 Å². The van der Waals surface area contributed by atoms with E-state index in [1.807, 2.05) is 0 Å². The molecule has 0 fully saturated rings. The zero-order chi connectivity index (χ0) is 12.6. The molecule has 0 saturated carbocycles. The molecule has 0 spiro atoms. The number of benzene rings is 1. The van der Waals surface area contributed by atoms with Gasteiger partial charge in [-0.05, 0) is 30.7 Å². The smallest absolute Gasteiger partial charge is 0.220 e. The van der Waals surface area contributed by atoms with E-state index in [1.54, 1.807) is 6.92 Å². The first kappa shape index (κ1) is 12.1. The number of hydrogen-bond donors (Lipinski definition) is 0. The van der Waals surface area contributed by atoms with Crippen molar-refractivity contribution in [3.05, 3.63) is 41.8 Å². The normalized spacial score (nSPS) is 11.7. The molecule has 0 aliphatic heterocycles. The molecular formula is C10H8ClFN2O2S. The first-order valence-corrected chi connectivity index (χ1v) is 6.96. The Morgan fingerprint density at radius 2 is 2.06 bits per heavy atom. The van der Waals surface area contributed by atoms with Gasteiger partial charge >= 0.3 is 0 Å². The standard InChI is InChI=1S/C10H8ClFN2O2S/c1-7-2-3-8(12)6-9(7)14-10(4-5-13-14)17(11,15)16/h2-6H,1H3. The van der Waals surface area contributed by atoms with Crippen molar-refractivity contribution in [2.24, 2.45) is 0 Å². The Labute approximate surface area is 102 Å². The predicted molar refractivity (Wildman–Crippen MR) is 61.3 cm³/mol. The van der Waals surface area contributed by atoms with Gasteiger partial charge in [0.2, 0.25) is 0 Å². The summed E-state index contributed by atoms with van der Waals surface area (Å²) in [5.41, 5.74) is 1.03. The monoisotopic (exact) mass is 274 g/mol. The largest absolute Gasteiger partial charge is 0.278 e. The molecular weight excluding hydrogens is 267 g/mol. The third-order valence-corrected chi connectivity index (χ3v) is 3.54. The van der Waals surface area contributed by atoms with Crippen molar-refractivity contribution in [3.8, 4) is 5.69 Å². The Morgan fingerprint density at radius 1 is 1.35 bits per heavy atom. The van der Waals surface area contributed by atoms with Gasteiger partial charge in [0.15, 0.2) is 5.03 Å². The van der Waals surface area contributed by atoms with Crippen LogP contribution in [0, 0.1) is 12.7 Å². The fourth-order valence-electron chi connectivity index (χ4n) is 1.47. The molecule has 7 heteroatoms. The number of halogens is 2. The molecule has 0 aliphatic rings. The van der Waals surface area contributed by atoms with Gasteiger partial charge in [-0.1, -0.05) is 6.07 Å². The van der Waals surface area contributed by atoms with Crippen LogP contribution in [0.25, 0.3) is 5.69 Å². The molecule has 90 valence electrons. The molecule has 0 amide bonds. The molecule has 0 unspecified atom stereocenters. The van der Waals surface area contributed by atoms with Gasteiger partial charge in [-0.25, -0.2) is 17.5 Å². The molecule has 0 atom stereocenters. The molecule has 2 rings (SSSR count). The molecule has 4 nitrogen and oxygen atoms in total. The first-order valence-electron chi connectivity index (χ1n) is 4.65. The number of aromatic nitrogens is 2. The molecule has 2 aromatic rings. The fourth-order valence-corrected chi connectivity index (χ4v) is 2.39. The fraction of sp³-hybridized carbons (Fsp3) is 0.100. The van der Waals surface area contributed by atoms with E-state index in [-0.39, 0.29) is 5.03 Å². The molecule has 1 heterocycles. The van der Waals surface area contributed by atoms with E-state index in [9.17, 15) is 12.8 Å². The van der Waals surface area contributed by atoms with E-state index in [4.69, 9.17) is 10.7 Å². The van der Waals surface area contributed by atoms with Gasteiger partial charge in [-0.15, -0.1) is 0 Å². The van der Waals surface area contributed by atoms with Crippen LogP contribution in [-0.2, 0) is 9.05 Å². The van der Waals surface area contributed by atoms with Crippen molar-refractivity contribution in [1.29, 1.82) is 0 Å². The Kier molecular flexibility index (Phi) is 2.92. The second kappa shape index (κ2) is 4.12. The number of aryl methyl sites for hydroxylation is 1. The van der Waals surface area contributed by atoms with Crippen LogP contribution in [0.3, 0.4) is 0 Å². The number of hydrogen-bond acceptors (Lipinski definition) is 3. The molecule has 0 saturated heterocycles. The maximum Gasteiger partial charge on any atom is 0.278 e. The summed E-state index contributed by atoms with van der Waals surface area (Å²) in [7, 11) is 1.35. The van der Waals surface area contributed by atoms with E-state index in [0.29, 0.717) is 11.3 Å². The Bertz CT molecular complexity index is 667. The average molecular weight is 275 g/mol. The van der Waals surface area contributed by atoms with Crippen LogP contribution in [-0.4, -0.2) is 18.2 Å². The second-order valence-corrected chi connectivity index (χ2v) is 5.96. The van der Waals surface area contributed by atoms with Crippen LogP contribution in [0.15, 0.2) is 35.5 Å². The van der Waals surface area contributed by atoms with Crippen LogP contribution in [0.1, 0.15) is 5.56 Å². The van der Waals surface area contributed by atoms with Crippen LogP contribution in [0.4, 0.5) is 4.39 Å². The summed E-state index contributed by atoms with van der Waals surface area (Å²) in [6.07, 6.45) is 1.29. The third kappa shape index (κ3) is 2.32. The summed E-state index contributed by atoms with van der Waals surface area (Å²) in [5, 5.41) is 3.65. The molecule has 1 aromatic carbocycles. The van der Waals surface area contributed by atoms with Crippen molar-refractivity contribution in [2.75, 3.05) is 0 Å². The summed E-state index contributed by atoms with van der Waals surface area (Å²) < 4.78 is 36.8. The van der Waals surface area contributed by atoms with Gasteiger partial charge in [-0.2, -0.15) is 5.10 Å². The van der Waals surface area contributed by atoms with Crippen LogP contribution >= 0.6 is 10.7 Å². The van der Waals surface area contributed by atoms with E-state index < -0.39 is 14.9 Å². The predicted octanol–water partition coefficient (Wildman–Crippen LogP) is 2.25. The van der Waals surface area contributed by atoms with Crippen molar-refractivity contribution in [1.82, 2.24) is 9.78 Å². The van der Waals surface area contributed by atoms with Crippen LogP contribution in [0.2, 0.25) is 0 Å². The number of rotatable bonds is 2. The van der Waals surface area contributed by atoms with Gasteiger partial charge in [0.05, 0.1) is 11.9 Å². The average Bonchev–Trinajstić information content (AvgIpc) is 2.69. The SMILES string of the molecule is Cc1ccc(F)cc1-n1nccc1S(=O)(=O)Cl. The molecule has 0 aliphatic carbocycles. The summed E-state index contributed by atoms with van der Waals surface area (Å²) in [6, 6.07) is 5.29. The van der Waals surface area contributed by atoms with E-state index >= 15 is 0 Å². The molecule has 0 radical (unpaired) electrons. The molecule has 1 aromatic heterocycles. The van der Waals surface area contributed by atoms with Gasteiger partial charge in [0, 0.05) is 10.7 Å². The maximum absolute atomic E-state index is 13.1. The lowest BCUT2D eigenvalue weighted by molar-refractivity contribution is 0.597. The summed E-state index contributed by atoms with van der Waals surface area (Å²) in [4.78, 5) is 0. The lowest BCUT2D eigenvalue weighted by Crippen LogP contribution is -2.06. The van der Waals surface area contributed by atoms with E-state index in [0.717, 1.165) is 4.68 Å². The highest BCUT2D eigenvalue weighted by atomic mass is 35.7. The van der Waals surface area contributed by atoms with Gasteiger partial charge in [-0.3, -0.25) is 0 Å². The first-order chi connectivity index (χ1) is 7.89. The Hall–Kier alpha value is -1.40. The molecule has 17 heavy (non-hydrogen) atoms. The summed E-state index contributed by atoms with van der Waals surface area (Å²) >= 11 is 0. The third-order valence-electron chi connectivity index (χ3n) is 2.26. The molecule has 0 N–H and O–H groups in total. The zero-order valence-electron chi connectivity index (χ0n) is 8.76. The van der Waals surface area contributed by atoms with E-state index in [1.165, 1.54) is 30.5 Å². The van der Waals surface area contributed by atoms with Crippen LogP contribution in [0.5, 0.6) is 0 Å². The Balaban J connectivity index is 2.70. The lowest BCUT2D eigenvalue weighted by Gasteiger charge is -2.08. The van der Waals surface area contributed by atoms with Crippen LogP contribution < -0.4 is 0 Å². The number of nitrogens with zero attached hydrogens (tertiary/aromatic N) is 2. The minimum atomic E-state index is -3.92. The highest BCUT2D eigenvalue weighted by molar-refractivity contribution is 8.13. The summed E-state index contributed by atoms with van der Waals surface area (Å²) in [6.45, 7) is 1.72. The highest BCUT2D eigenvalue weighted by Crippen LogP contribution is 2.21. The Morgan fingerprint density at radius 3 is 2.71 bits per heavy atom. The topological polar surface area (TPSA) is 52.0 Å². The minimum absolute atomic E-state index is 0.187. The van der Waals surface area contributed by atoms with Crippen molar-refractivity contribution < 1.29 is 12.8 Å². The summed E-state index contributed by atoms with van der Waals surface area (Å²) in [5.74, 6) is -0.473. The van der Waals surface area contributed by atoms with Crippen molar-refractivity contribution >= 4 is 19.7 Å². The van der Waals surface area contributed by atoms with Crippen molar-refractivity contribution in [2.45, 2.75) is 11.9 Å². The maximum atomic E-state index is 13.1. The second-order valence-electron chi connectivity index (χ2n) is 3.45. The van der Waals surface area contributed by atoms with Crippen molar-refractivity contribution in [3.63, 3.8) is 0 Å². The highest BCUT2D eigenvalue weighted by Gasteiger charge is 2.18. The molecule has 0 bridgehead atoms. The minimum Gasteiger partial charge on any atom is -0.220 e. The zero-order valence-corrected chi connectivity index (χ0v) is 10.3. The lowest BCUT2D eigenvalue weighted by atomic mass is 10.2.